The van der Waals surface area contributed by atoms with E-state index in [0.29, 0.717) is 23.6 Å². The molecule has 8 heteroatoms. The van der Waals surface area contributed by atoms with Crippen molar-refractivity contribution in [2.24, 2.45) is 22.7 Å². The predicted octanol–water partition coefficient (Wildman–Crippen LogP) is 4.66. The van der Waals surface area contributed by atoms with Crippen molar-refractivity contribution in [2.45, 2.75) is 44.5 Å². The minimum atomic E-state index is -1.84. The van der Waals surface area contributed by atoms with Gasteiger partial charge in [-0.15, -0.1) is 11.3 Å². The Morgan fingerprint density at radius 3 is 2.59 bits per heavy atom. The van der Waals surface area contributed by atoms with Gasteiger partial charge in [0.1, 0.15) is 6.10 Å². The first kappa shape index (κ1) is 18.4. The SMILES string of the molecule is CCC1CCC23OC(=N)C(C#N)(C2C1)C(C#N)(C#N)C(c1ccc(Br)s1)O3. The summed E-state index contributed by atoms with van der Waals surface area (Å²) in [6.07, 6.45) is 2.03. The Labute approximate surface area is 169 Å². The third kappa shape index (κ3) is 2.08. The molecule has 2 aliphatic heterocycles. The molecule has 3 fully saturated rings. The Kier molecular flexibility index (Phi) is 4.13. The van der Waals surface area contributed by atoms with Crippen LogP contribution < -0.4 is 0 Å². The maximum atomic E-state index is 10.3. The van der Waals surface area contributed by atoms with Gasteiger partial charge in [0.05, 0.1) is 27.9 Å². The van der Waals surface area contributed by atoms with E-state index >= 15 is 0 Å². The van der Waals surface area contributed by atoms with Crippen molar-refractivity contribution in [3.05, 3.63) is 20.8 Å². The van der Waals surface area contributed by atoms with Crippen LogP contribution in [0.15, 0.2) is 15.9 Å². The third-order valence-electron chi connectivity index (χ3n) is 6.45. The van der Waals surface area contributed by atoms with Gasteiger partial charge in [-0.25, -0.2) is 0 Å². The van der Waals surface area contributed by atoms with E-state index in [1.54, 1.807) is 6.07 Å². The first-order chi connectivity index (χ1) is 12.9. The highest BCUT2D eigenvalue weighted by Crippen LogP contribution is 2.70. The van der Waals surface area contributed by atoms with Crippen molar-refractivity contribution in [3.8, 4) is 18.2 Å². The molecule has 0 amide bonds. The van der Waals surface area contributed by atoms with E-state index < -0.39 is 28.6 Å². The molecule has 0 radical (unpaired) electrons. The van der Waals surface area contributed by atoms with Gasteiger partial charge in [0.2, 0.25) is 17.1 Å². The fourth-order valence-corrected chi connectivity index (χ4v) is 6.53. The van der Waals surface area contributed by atoms with Crippen molar-refractivity contribution < 1.29 is 9.47 Å². The van der Waals surface area contributed by atoms with E-state index in [2.05, 4.69) is 41.1 Å². The van der Waals surface area contributed by atoms with Crippen molar-refractivity contribution >= 4 is 33.2 Å². The molecular formula is C19H17BrN4O2S. The van der Waals surface area contributed by atoms with Gasteiger partial charge >= 0.3 is 0 Å². The number of nitrogens with zero attached hydrogens (tertiary/aromatic N) is 3. The summed E-state index contributed by atoms with van der Waals surface area (Å²) < 4.78 is 13.1. The summed E-state index contributed by atoms with van der Waals surface area (Å²) in [5, 5.41) is 39.1. The highest BCUT2D eigenvalue weighted by Gasteiger charge is 2.81. The van der Waals surface area contributed by atoms with Crippen molar-refractivity contribution in [3.63, 3.8) is 0 Å². The van der Waals surface area contributed by atoms with Crippen LogP contribution in [0.4, 0.5) is 0 Å². The number of nitriles is 3. The molecule has 6 nitrogen and oxygen atoms in total. The Hall–Kier alpha value is -1.92. The van der Waals surface area contributed by atoms with Crippen LogP contribution in [-0.2, 0) is 9.47 Å². The maximum absolute atomic E-state index is 10.3. The monoisotopic (exact) mass is 444 g/mol. The van der Waals surface area contributed by atoms with E-state index in [1.807, 2.05) is 6.07 Å². The lowest BCUT2D eigenvalue weighted by Crippen LogP contribution is -2.60. The lowest BCUT2D eigenvalue weighted by Gasteiger charge is -2.52. The van der Waals surface area contributed by atoms with E-state index in [4.69, 9.17) is 14.9 Å². The molecule has 0 aromatic carbocycles. The third-order valence-corrected chi connectivity index (χ3v) is 8.12. The molecule has 2 saturated heterocycles. The second kappa shape index (κ2) is 6.04. The first-order valence-electron chi connectivity index (χ1n) is 8.88. The number of halogens is 1. The van der Waals surface area contributed by atoms with Crippen LogP contribution in [0.1, 0.15) is 43.6 Å². The number of hydrogen-bond donors (Lipinski definition) is 1. The van der Waals surface area contributed by atoms with E-state index in [9.17, 15) is 15.8 Å². The number of nitrogens with one attached hydrogen (secondary N) is 1. The molecular weight excluding hydrogens is 428 g/mol. The average Bonchev–Trinajstić information content (AvgIpc) is 3.19. The molecule has 1 N–H and O–H groups in total. The number of thiophene rings is 1. The molecule has 1 aromatic heterocycles. The summed E-state index contributed by atoms with van der Waals surface area (Å²) in [7, 11) is 0. The van der Waals surface area contributed by atoms with E-state index in [1.165, 1.54) is 11.3 Å². The van der Waals surface area contributed by atoms with E-state index in [0.717, 1.165) is 16.6 Å². The summed E-state index contributed by atoms with van der Waals surface area (Å²) in [5.74, 6) is -1.55. The van der Waals surface area contributed by atoms with Gasteiger partial charge in [0, 0.05) is 11.3 Å². The molecule has 1 aliphatic carbocycles. The zero-order chi connectivity index (χ0) is 19.4. The second-order valence-corrected chi connectivity index (χ2v) is 9.93. The van der Waals surface area contributed by atoms with Crippen LogP contribution in [-0.4, -0.2) is 11.7 Å². The van der Waals surface area contributed by atoms with Gasteiger partial charge in [-0.3, -0.25) is 5.41 Å². The molecule has 5 atom stereocenters. The molecule has 138 valence electrons. The zero-order valence-electron chi connectivity index (χ0n) is 14.7. The van der Waals surface area contributed by atoms with Gasteiger partial charge in [-0.1, -0.05) is 13.3 Å². The van der Waals surface area contributed by atoms with Gasteiger partial charge in [0.25, 0.3) is 0 Å². The molecule has 4 rings (SSSR count). The molecule has 5 unspecified atom stereocenters. The van der Waals surface area contributed by atoms with Crippen LogP contribution in [0.2, 0.25) is 0 Å². The molecule has 2 bridgehead atoms. The van der Waals surface area contributed by atoms with Crippen LogP contribution in [0.5, 0.6) is 0 Å². The van der Waals surface area contributed by atoms with Crippen molar-refractivity contribution in [1.29, 1.82) is 21.2 Å². The fourth-order valence-electron chi connectivity index (χ4n) is 5.01. The fraction of sp³-hybridized carbons (Fsp3) is 0.579. The number of ether oxygens (including phenoxy) is 2. The number of hydrogen-bond acceptors (Lipinski definition) is 7. The molecule has 0 spiro atoms. The van der Waals surface area contributed by atoms with Crippen LogP contribution in [0, 0.1) is 62.1 Å². The van der Waals surface area contributed by atoms with Crippen LogP contribution in [0.25, 0.3) is 0 Å². The quantitative estimate of drug-likeness (QED) is 0.712. The predicted molar refractivity (Wildman–Crippen MR) is 100 cm³/mol. The molecule has 1 aromatic rings. The summed E-state index contributed by atoms with van der Waals surface area (Å²) in [6, 6.07) is 10.0. The minimum Gasteiger partial charge on any atom is -0.447 e. The lowest BCUT2D eigenvalue weighted by molar-refractivity contribution is -0.298. The summed E-state index contributed by atoms with van der Waals surface area (Å²) >= 11 is 4.78. The van der Waals surface area contributed by atoms with Gasteiger partial charge < -0.3 is 9.47 Å². The van der Waals surface area contributed by atoms with Crippen LogP contribution in [0.3, 0.4) is 0 Å². The van der Waals surface area contributed by atoms with Crippen molar-refractivity contribution in [2.75, 3.05) is 0 Å². The Balaban J connectivity index is 1.97. The minimum absolute atomic E-state index is 0.298. The van der Waals surface area contributed by atoms with Gasteiger partial charge in [0.15, 0.2) is 5.41 Å². The maximum Gasteiger partial charge on any atom is 0.217 e. The molecule has 27 heavy (non-hydrogen) atoms. The van der Waals surface area contributed by atoms with Crippen LogP contribution >= 0.6 is 27.3 Å². The highest BCUT2D eigenvalue weighted by molar-refractivity contribution is 9.11. The van der Waals surface area contributed by atoms with Gasteiger partial charge in [-0.2, -0.15) is 15.8 Å². The smallest absolute Gasteiger partial charge is 0.217 e. The normalized spacial score (nSPS) is 38.8. The first-order valence-corrected chi connectivity index (χ1v) is 10.5. The highest BCUT2D eigenvalue weighted by atomic mass is 79.9. The largest absolute Gasteiger partial charge is 0.447 e. The Bertz CT molecular complexity index is 927. The molecule has 3 heterocycles. The molecule has 1 saturated carbocycles. The zero-order valence-corrected chi connectivity index (χ0v) is 17.1. The Morgan fingerprint density at radius 1 is 1.30 bits per heavy atom. The average molecular weight is 445 g/mol. The summed E-state index contributed by atoms with van der Waals surface area (Å²) in [6.45, 7) is 2.09. The molecule has 3 aliphatic rings. The number of rotatable bonds is 2. The topological polar surface area (TPSA) is 114 Å². The second-order valence-electron chi connectivity index (χ2n) is 7.44. The van der Waals surface area contributed by atoms with Gasteiger partial charge in [-0.05, 0) is 46.8 Å². The Morgan fingerprint density at radius 2 is 2.04 bits per heavy atom. The summed E-state index contributed by atoms with van der Waals surface area (Å²) in [4.78, 5) is 0.679. The standard InChI is InChI=1S/C19H17BrN4O2S/c1-2-11-5-6-19-13(7-11)18(10-23,16(24)26-19)17(8-21,9-22)15(25-19)12-3-4-14(20)27-12/h3-4,11,13,15,24H,2,5-7H2,1H3. The van der Waals surface area contributed by atoms with E-state index in [-0.39, 0.29) is 5.90 Å². The van der Waals surface area contributed by atoms with Crippen molar-refractivity contribution in [1.82, 2.24) is 0 Å². The lowest BCUT2D eigenvalue weighted by atomic mass is 9.51. The summed E-state index contributed by atoms with van der Waals surface area (Å²) in [5.41, 5.74) is -3.48.